The number of anilines is 1. The third-order valence-corrected chi connectivity index (χ3v) is 6.41. The van der Waals surface area contributed by atoms with Crippen molar-refractivity contribution in [3.8, 4) is 11.5 Å². The molecule has 1 atom stereocenters. The number of carbonyl (C=O) groups excluding carboxylic acids is 2. The number of nitrogens with zero attached hydrogens (tertiary/aromatic N) is 1. The van der Waals surface area contributed by atoms with Gasteiger partial charge in [-0.3, -0.25) is 9.59 Å². The summed E-state index contributed by atoms with van der Waals surface area (Å²) < 4.78 is 10.5. The molecular formula is C23H25ClN2O4S. The highest BCUT2D eigenvalue weighted by molar-refractivity contribution is 7.99. The molecule has 164 valence electrons. The lowest BCUT2D eigenvalue weighted by atomic mass is 10.1. The second-order valence-corrected chi connectivity index (χ2v) is 8.59. The maximum Gasteiger partial charge on any atom is 0.248 e. The Kier molecular flexibility index (Phi) is 7.51. The summed E-state index contributed by atoms with van der Waals surface area (Å²) in [6, 6.07) is 8.66. The van der Waals surface area contributed by atoms with Gasteiger partial charge in [-0.2, -0.15) is 0 Å². The van der Waals surface area contributed by atoms with Crippen LogP contribution in [0.15, 0.2) is 36.4 Å². The van der Waals surface area contributed by atoms with Gasteiger partial charge in [-0.05, 0) is 60.9 Å². The maximum atomic E-state index is 12.8. The summed E-state index contributed by atoms with van der Waals surface area (Å²) in [6.07, 6.45) is 3.09. The molecule has 0 radical (unpaired) electrons. The number of hydrogen-bond donors (Lipinski definition) is 1. The van der Waals surface area contributed by atoms with Crippen LogP contribution >= 0.6 is 23.4 Å². The van der Waals surface area contributed by atoms with Gasteiger partial charge < -0.3 is 19.7 Å². The van der Waals surface area contributed by atoms with Gasteiger partial charge in [0, 0.05) is 17.5 Å². The van der Waals surface area contributed by atoms with Crippen LogP contribution in [0.2, 0.25) is 5.02 Å². The molecule has 1 aliphatic heterocycles. The van der Waals surface area contributed by atoms with Gasteiger partial charge >= 0.3 is 0 Å². The SMILES string of the molecule is COc1cc(/C=C/C(=O)N2CSCC2C(=O)Nc2ccc(C)c(C)c2)cc(Cl)c1OC. The van der Waals surface area contributed by atoms with Crippen LogP contribution in [0, 0.1) is 13.8 Å². The molecule has 1 N–H and O–H groups in total. The minimum absolute atomic E-state index is 0.191. The lowest BCUT2D eigenvalue weighted by molar-refractivity contribution is -0.132. The van der Waals surface area contributed by atoms with Gasteiger partial charge in [-0.15, -0.1) is 11.8 Å². The second kappa shape index (κ2) is 10.1. The average Bonchev–Trinajstić information content (AvgIpc) is 3.24. The van der Waals surface area contributed by atoms with Crippen molar-refractivity contribution in [3.63, 3.8) is 0 Å². The normalized spacial score (nSPS) is 15.9. The molecule has 31 heavy (non-hydrogen) atoms. The smallest absolute Gasteiger partial charge is 0.248 e. The average molecular weight is 461 g/mol. The Morgan fingerprint density at radius 3 is 2.61 bits per heavy atom. The van der Waals surface area contributed by atoms with Crippen molar-refractivity contribution in [2.45, 2.75) is 19.9 Å². The molecule has 0 bridgehead atoms. The lowest BCUT2D eigenvalue weighted by Gasteiger charge is -2.22. The Labute approximate surface area is 191 Å². The van der Waals surface area contributed by atoms with Crippen LogP contribution in [0.4, 0.5) is 5.69 Å². The monoisotopic (exact) mass is 460 g/mol. The molecule has 3 rings (SSSR count). The summed E-state index contributed by atoms with van der Waals surface area (Å²) in [5.41, 5.74) is 3.68. The number of rotatable bonds is 6. The molecule has 1 aliphatic rings. The van der Waals surface area contributed by atoms with Crippen LogP contribution in [-0.2, 0) is 9.59 Å². The predicted molar refractivity (Wildman–Crippen MR) is 126 cm³/mol. The first-order chi connectivity index (χ1) is 14.8. The predicted octanol–water partition coefficient (Wildman–Crippen LogP) is 4.53. The molecule has 1 heterocycles. The topological polar surface area (TPSA) is 67.9 Å². The Morgan fingerprint density at radius 2 is 1.94 bits per heavy atom. The van der Waals surface area contributed by atoms with Crippen molar-refractivity contribution < 1.29 is 19.1 Å². The number of ether oxygens (including phenoxy) is 2. The number of aryl methyl sites for hydroxylation is 2. The molecule has 0 aliphatic carbocycles. The zero-order valence-corrected chi connectivity index (χ0v) is 19.5. The maximum absolute atomic E-state index is 12.8. The summed E-state index contributed by atoms with van der Waals surface area (Å²) in [4.78, 5) is 27.2. The molecule has 0 saturated carbocycles. The van der Waals surface area contributed by atoms with Crippen molar-refractivity contribution in [3.05, 3.63) is 58.1 Å². The summed E-state index contributed by atoms with van der Waals surface area (Å²) >= 11 is 7.78. The molecule has 2 aromatic rings. The summed E-state index contributed by atoms with van der Waals surface area (Å²) in [7, 11) is 3.03. The first-order valence-electron chi connectivity index (χ1n) is 9.70. The van der Waals surface area contributed by atoms with Crippen molar-refractivity contribution >= 4 is 46.9 Å². The number of methoxy groups -OCH3 is 2. The van der Waals surface area contributed by atoms with Crippen LogP contribution in [-0.4, -0.2) is 48.6 Å². The molecule has 2 aromatic carbocycles. The first-order valence-corrected chi connectivity index (χ1v) is 11.2. The van der Waals surface area contributed by atoms with E-state index in [9.17, 15) is 9.59 Å². The largest absolute Gasteiger partial charge is 0.493 e. The number of carbonyl (C=O) groups is 2. The fourth-order valence-electron chi connectivity index (χ4n) is 3.22. The number of hydrogen-bond acceptors (Lipinski definition) is 5. The van der Waals surface area contributed by atoms with Crippen LogP contribution in [0.25, 0.3) is 6.08 Å². The highest BCUT2D eigenvalue weighted by Crippen LogP contribution is 2.36. The van der Waals surface area contributed by atoms with Crippen LogP contribution in [0.1, 0.15) is 16.7 Å². The van der Waals surface area contributed by atoms with E-state index >= 15 is 0 Å². The van der Waals surface area contributed by atoms with Crippen molar-refractivity contribution in [2.24, 2.45) is 0 Å². The van der Waals surface area contributed by atoms with Gasteiger partial charge in [0.05, 0.1) is 25.1 Å². The van der Waals surface area contributed by atoms with Crippen LogP contribution in [0.3, 0.4) is 0 Å². The van der Waals surface area contributed by atoms with Crippen molar-refractivity contribution in [1.29, 1.82) is 0 Å². The molecular weight excluding hydrogens is 436 g/mol. The van der Waals surface area contributed by atoms with Gasteiger partial charge in [0.1, 0.15) is 6.04 Å². The van der Waals surface area contributed by atoms with Crippen molar-refractivity contribution in [2.75, 3.05) is 31.2 Å². The molecule has 1 unspecified atom stereocenters. The highest BCUT2D eigenvalue weighted by Gasteiger charge is 2.33. The van der Waals surface area contributed by atoms with E-state index in [1.54, 1.807) is 34.9 Å². The quantitative estimate of drug-likeness (QED) is 0.641. The summed E-state index contributed by atoms with van der Waals surface area (Å²) in [5, 5.41) is 3.31. The molecule has 6 nitrogen and oxygen atoms in total. The zero-order valence-electron chi connectivity index (χ0n) is 17.9. The van der Waals surface area contributed by atoms with E-state index in [0.29, 0.717) is 33.7 Å². The number of halogens is 1. The number of thioether (sulfide) groups is 1. The highest BCUT2D eigenvalue weighted by atomic mass is 35.5. The Morgan fingerprint density at radius 1 is 1.16 bits per heavy atom. The number of benzene rings is 2. The summed E-state index contributed by atoms with van der Waals surface area (Å²) in [5.74, 6) is 1.50. The van der Waals surface area contributed by atoms with E-state index in [1.165, 1.54) is 20.3 Å². The van der Waals surface area contributed by atoms with Gasteiger partial charge in [0.2, 0.25) is 11.8 Å². The van der Waals surface area contributed by atoms with Crippen LogP contribution in [0.5, 0.6) is 11.5 Å². The zero-order chi connectivity index (χ0) is 22.5. The third-order valence-electron chi connectivity index (χ3n) is 5.12. The van der Waals surface area contributed by atoms with E-state index in [-0.39, 0.29) is 11.8 Å². The van der Waals surface area contributed by atoms with E-state index in [2.05, 4.69) is 5.32 Å². The third kappa shape index (κ3) is 5.35. The van der Waals surface area contributed by atoms with E-state index < -0.39 is 6.04 Å². The van der Waals surface area contributed by atoms with Gasteiger partial charge in [0.15, 0.2) is 11.5 Å². The minimum Gasteiger partial charge on any atom is -0.493 e. The lowest BCUT2D eigenvalue weighted by Crippen LogP contribution is -2.43. The molecule has 2 amide bonds. The summed E-state index contributed by atoms with van der Waals surface area (Å²) in [6.45, 7) is 4.02. The van der Waals surface area contributed by atoms with Gasteiger partial charge in [0.25, 0.3) is 0 Å². The fraction of sp³-hybridized carbons (Fsp3) is 0.304. The van der Waals surface area contributed by atoms with Gasteiger partial charge in [-0.1, -0.05) is 17.7 Å². The molecule has 1 saturated heterocycles. The fourth-order valence-corrected chi connectivity index (χ4v) is 4.68. The molecule has 1 fully saturated rings. The standard InChI is InChI=1S/C23H25ClN2O4S/c1-14-5-7-17(9-15(14)2)25-23(28)19-12-31-13-26(19)21(27)8-6-16-10-18(24)22(30-4)20(11-16)29-3/h5-11,19H,12-13H2,1-4H3,(H,25,28)/b8-6+. The number of nitrogens with one attached hydrogen (secondary N) is 1. The van der Waals surface area contributed by atoms with E-state index in [0.717, 1.165) is 16.8 Å². The van der Waals surface area contributed by atoms with Crippen LogP contribution < -0.4 is 14.8 Å². The van der Waals surface area contributed by atoms with E-state index in [1.807, 2.05) is 32.0 Å². The van der Waals surface area contributed by atoms with Gasteiger partial charge in [-0.25, -0.2) is 0 Å². The Hall–Kier alpha value is -2.64. The molecule has 0 spiro atoms. The molecule has 0 aromatic heterocycles. The van der Waals surface area contributed by atoms with E-state index in [4.69, 9.17) is 21.1 Å². The van der Waals surface area contributed by atoms with Crippen molar-refractivity contribution in [1.82, 2.24) is 4.90 Å². The first kappa shape index (κ1) is 23.0. The minimum atomic E-state index is -0.530. The Balaban J connectivity index is 1.71. The Bertz CT molecular complexity index is 1020. The molecule has 8 heteroatoms. The second-order valence-electron chi connectivity index (χ2n) is 7.18. The number of amides is 2.